The van der Waals surface area contributed by atoms with Crippen molar-refractivity contribution in [3.63, 3.8) is 0 Å². The van der Waals surface area contributed by atoms with Crippen LogP contribution >= 0.6 is 0 Å². The topological polar surface area (TPSA) is 95.6 Å². The number of aliphatic hydroxyl groups is 1. The van der Waals surface area contributed by atoms with Gasteiger partial charge in [0.05, 0.1) is 23.4 Å². The lowest BCUT2D eigenvalue weighted by Crippen LogP contribution is -2.34. The molecule has 34 heavy (non-hydrogen) atoms. The van der Waals surface area contributed by atoms with Gasteiger partial charge in [0.15, 0.2) is 0 Å². The Kier molecular flexibility index (Phi) is 5.91. The summed E-state index contributed by atoms with van der Waals surface area (Å²) in [6, 6.07) is 12.7. The maximum absolute atomic E-state index is 12.6. The summed E-state index contributed by atoms with van der Waals surface area (Å²) in [5, 5.41) is 13.3. The molecular weight excluding hydrogens is 428 g/mol. The lowest BCUT2D eigenvalue weighted by molar-refractivity contribution is 0.0294. The van der Waals surface area contributed by atoms with Gasteiger partial charge in [0.1, 0.15) is 17.9 Å². The summed E-state index contributed by atoms with van der Waals surface area (Å²) in [4.78, 5) is 28.2. The van der Waals surface area contributed by atoms with Crippen LogP contribution in [0.2, 0.25) is 0 Å². The number of rotatable bonds is 6. The number of likely N-dealkylation sites (tertiary alicyclic amines) is 1. The Morgan fingerprint density at radius 2 is 2.06 bits per heavy atom. The van der Waals surface area contributed by atoms with E-state index in [0.717, 1.165) is 47.7 Å². The van der Waals surface area contributed by atoms with Gasteiger partial charge in [-0.2, -0.15) is 0 Å². The minimum Gasteiger partial charge on any atom is -0.375 e. The summed E-state index contributed by atoms with van der Waals surface area (Å²) in [5.41, 5.74) is 4.07. The molecule has 172 valence electrons. The van der Waals surface area contributed by atoms with Crippen molar-refractivity contribution in [3.8, 4) is 11.3 Å². The summed E-state index contributed by atoms with van der Waals surface area (Å²) in [6.45, 7) is 6.54. The van der Waals surface area contributed by atoms with Crippen LogP contribution in [0.25, 0.3) is 16.8 Å². The van der Waals surface area contributed by atoms with Crippen LogP contribution in [0.4, 0.5) is 5.82 Å². The number of benzene rings is 1. The van der Waals surface area contributed by atoms with Crippen molar-refractivity contribution in [2.75, 3.05) is 11.9 Å². The number of hydrogen-bond donors (Lipinski definition) is 2. The van der Waals surface area contributed by atoms with Crippen LogP contribution in [0.1, 0.15) is 40.8 Å². The smallest absolute Gasteiger partial charge is 0.256 e. The van der Waals surface area contributed by atoms with Crippen LogP contribution in [0, 0.1) is 6.92 Å². The van der Waals surface area contributed by atoms with Crippen LogP contribution in [-0.2, 0) is 0 Å². The van der Waals surface area contributed by atoms with Crippen LogP contribution in [0.3, 0.4) is 0 Å². The van der Waals surface area contributed by atoms with Gasteiger partial charge in [-0.3, -0.25) is 19.1 Å². The molecule has 8 nitrogen and oxygen atoms in total. The average Bonchev–Trinajstić information content (AvgIpc) is 3.50. The van der Waals surface area contributed by atoms with Crippen molar-refractivity contribution in [1.29, 1.82) is 0 Å². The fourth-order valence-corrected chi connectivity index (χ4v) is 4.57. The largest absolute Gasteiger partial charge is 0.375 e. The molecule has 4 heterocycles. The van der Waals surface area contributed by atoms with E-state index < -0.39 is 6.23 Å². The minimum atomic E-state index is -0.720. The summed E-state index contributed by atoms with van der Waals surface area (Å²) in [6.07, 6.45) is 7.97. The molecule has 0 radical (unpaired) electrons. The zero-order valence-corrected chi connectivity index (χ0v) is 18.9. The minimum absolute atomic E-state index is 0.0289. The highest BCUT2D eigenvalue weighted by atomic mass is 16.3. The molecule has 0 bridgehead atoms. The van der Waals surface area contributed by atoms with Gasteiger partial charge >= 0.3 is 0 Å². The monoisotopic (exact) mass is 454 g/mol. The van der Waals surface area contributed by atoms with Crippen LogP contribution in [0.15, 0.2) is 73.7 Å². The Bertz CT molecular complexity index is 1330. The first-order valence-corrected chi connectivity index (χ1v) is 11.3. The van der Waals surface area contributed by atoms with Gasteiger partial charge in [0.2, 0.25) is 0 Å². The Hall–Kier alpha value is -3.88. The number of anilines is 1. The standard InChI is InChI=1S/C26H26N6O2/c1-3-23(33)31-14-6-7-20(31)25-30-24(21-16-27-15-17(2)32(21)25)18-9-11-19(12-10-18)26(34)29-22-8-4-5-13-28-22/h3-5,8-13,15-16,20,23,33H,1,6-7,14H2,2H3,(H,28,29,34)/t20-,23?/m0/s1. The molecule has 1 amide bonds. The number of aliphatic hydroxyl groups excluding tert-OH is 1. The molecular formula is C26H26N6O2. The predicted molar refractivity (Wildman–Crippen MR) is 130 cm³/mol. The number of aromatic nitrogens is 4. The van der Waals surface area contributed by atoms with Crippen molar-refractivity contribution in [1.82, 2.24) is 24.3 Å². The van der Waals surface area contributed by atoms with Crippen molar-refractivity contribution < 1.29 is 9.90 Å². The van der Waals surface area contributed by atoms with Gasteiger partial charge in [0.25, 0.3) is 5.91 Å². The molecule has 0 spiro atoms. The number of aryl methyl sites for hydroxylation is 1. The Morgan fingerprint density at radius 1 is 1.24 bits per heavy atom. The second kappa shape index (κ2) is 9.17. The molecule has 2 atom stereocenters. The molecule has 0 saturated carbocycles. The SMILES string of the molecule is C=CC(O)N1CCC[C@H]1c1nc(-c2ccc(C(=O)Nc3ccccn3)cc2)c2cncc(C)n12. The number of fused-ring (bicyclic) bond motifs is 1. The Balaban J connectivity index is 1.50. The van der Waals surface area contributed by atoms with Crippen molar-refractivity contribution in [2.24, 2.45) is 0 Å². The first-order valence-electron chi connectivity index (χ1n) is 11.3. The molecule has 4 aromatic rings. The van der Waals surface area contributed by atoms with E-state index >= 15 is 0 Å². The van der Waals surface area contributed by atoms with Crippen LogP contribution < -0.4 is 5.32 Å². The van der Waals surface area contributed by atoms with E-state index in [1.54, 1.807) is 36.5 Å². The van der Waals surface area contributed by atoms with Crippen molar-refractivity contribution >= 4 is 17.2 Å². The maximum Gasteiger partial charge on any atom is 0.256 e. The molecule has 0 aliphatic carbocycles. The highest BCUT2D eigenvalue weighted by Crippen LogP contribution is 2.36. The van der Waals surface area contributed by atoms with Crippen molar-refractivity contribution in [3.05, 3.63) is 90.8 Å². The van der Waals surface area contributed by atoms with Crippen LogP contribution in [0.5, 0.6) is 0 Å². The molecule has 1 aliphatic rings. The van der Waals surface area contributed by atoms with E-state index in [-0.39, 0.29) is 11.9 Å². The van der Waals surface area contributed by atoms with Gasteiger partial charge < -0.3 is 10.4 Å². The molecule has 1 aliphatic heterocycles. The fraction of sp³-hybridized carbons (Fsp3) is 0.231. The average molecular weight is 455 g/mol. The molecule has 1 unspecified atom stereocenters. The number of carbonyl (C=O) groups is 1. The molecule has 2 N–H and O–H groups in total. The second-order valence-electron chi connectivity index (χ2n) is 8.38. The van der Waals surface area contributed by atoms with Gasteiger partial charge in [-0.1, -0.05) is 24.8 Å². The third-order valence-electron chi connectivity index (χ3n) is 6.22. The van der Waals surface area contributed by atoms with E-state index in [9.17, 15) is 9.90 Å². The zero-order valence-electron chi connectivity index (χ0n) is 18.9. The zero-order chi connectivity index (χ0) is 23.7. The molecule has 1 fully saturated rings. The van der Waals surface area contributed by atoms with E-state index in [1.807, 2.05) is 42.4 Å². The van der Waals surface area contributed by atoms with Gasteiger partial charge in [-0.15, -0.1) is 0 Å². The molecule has 3 aromatic heterocycles. The summed E-state index contributed by atoms with van der Waals surface area (Å²) in [5.74, 6) is 1.16. The molecule has 5 rings (SSSR count). The summed E-state index contributed by atoms with van der Waals surface area (Å²) < 4.78 is 2.11. The maximum atomic E-state index is 12.6. The number of carbonyl (C=O) groups excluding carboxylic acids is 1. The van der Waals surface area contributed by atoms with Gasteiger partial charge in [0, 0.05) is 35.8 Å². The van der Waals surface area contributed by atoms with E-state index in [0.29, 0.717) is 11.4 Å². The molecule has 8 heteroatoms. The highest BCUT2D eigenvalue weighted by Gasteiger charge is 2.33. The fourth-order valence-electron chi connectivity index (χ4n) is 4.57. The van der Waals surface area contributed by atoms with Gasteiger partial charge in [-0.25, -0.2) is 9.97 Å². The van der Waals surface area contributed by atoms with E-state index in [4.69, 9.17) is 4.98 Å². The number of hydrogen-bond acceptors (Lipinski definition) is 6. The number of nitrogens with zero attached hydrogens (tertiary/aromatic N) is 5. The lowest BCUT2D eigenvalue weighted by Gasteiger charge is -2.26. The Labute approximate surface area is 197 Å². The number of nitrogens with one attached hydrogen (secondary N) is 1. The summed E-state index contributed by atoms with van der Waals surface area (Å²) in [7, 11) is 0. The predicted octanol–water partition coefficient (Wildman–Crippen LogP) is 3.99. The Morgan fingerprint density at radius 3 is 2.79 bits per heavy atom. The number of imidazole rings is 1. The quantitative estimate of drug-likeness (QED) is 0.428. The third-order valence-corrected chi connectivity index (χ3v) is 6.22. The molecule has 1 saturated heterocycles. The first-order chi connectivity index (χ1) is 16.6. The van der Waals surface area contributed by atoms with Crippen LogP contribution in [-0.4, -0.2) is 48.0 Å². The number of pyridine rings is 1. The van der Waals surface area contributed by atoms with E-state index in [2.05, 4.69) is 26.3 Å². The van der Waals surface area contributed by atoms with Gasteiger partial charge in [-0.05, 0) is 50.1 Å². The normalized spacial score (nSPS) is 17.1. The lowest BCUT2D eigenvalue weighted by atomic mass is 10.1. The first kappa shape index (κ1) is 21.9. The summed E-state index contributed by atoms with van der Waals surface area (Å²) >= 11 is 0. The van der Waals surface area contributed by atoms with Crippen molar-refractivity contribution in [2.45, 2.75) is 32.0 Å². The second-order valence-corrected chi connectivity index (χ2v) is 8.38. The molecule has 1 aromatic carbocycles. The third kappa shape index (κ3) is 3.98. The van der Waals surface area contributed by atoms with E-state index in [1.165, 1.54) is 0 Å². The number of amides is 1. The highest BCUT2D eigenvalue weighted by molar-refractivity contribution is 6.04.